The second-order valence-corrected chi connectivity index (χ2v) is 19.3. The number of benzene rings is 2. The molecule has 25 heteroatoms. The van der Waals surface area contributed by atoms with Crippen LogP contribution in [0.1, 0.15) is 46.8 Å². The zero-order valence-electron chi connectivity index (χ0n) is 38.9. The number of fused-ring (bicyclic) bond motifs is 1. The summed E-state index contributed by atoms with van der Waals surface area (Å²) in [7, 11) is 0. The van der Waals surface area contributed by atoms with Crippen molar-refractivity contribution in [3.63, 3.8) is 0 Å². The van der Waals surface area contributed by atoms with E-state index < -0.39 is 109 Å². The minimum Gasteiger partial charge on any atom is -0.477 e. The third-order valence-corrected chi connectivity index (χ3v) is 14.5. The van der Waals surface area contributed by atoms with Gasteiger partial charge >= 0.3 is 5.97 Å². The Morgan fingerprint density at radius 3 is 2.15 bits per heavy atom. The lowest BCUT2D eigenvalue weighted by Crippen LogP contribution is -2.69. The van der Waals surface area contributed by atoms with E-state index in [0.29, 0.717) is 62.7 Å². The lowest BCUT2D eigenvalue weighted by Gasteiger charge is -2.49. The van der Waals surface area contributed by atoms with Crippen LogP contribution in [0.4, 0.5) is 15.9 Å². The lowest BCUT2D eigenvalue weighted by atomic mass is 9.83. The number of hydrogen-bond donors (Lipinski definition) is 12. The number of aromatic nitrogens is 4. The van der Waals surface area contributed by atoms with Crippen LogP contribution in [0, 0.1) is 5.82 Å². The maximum atomic E-state index is 15.6. The van der Waals surface area contributed by atoms with Gasteiger partial charge in [-0.05, 0) is 48.9 Å². The number of aromatic carboxylic acids is 1. The molecule has 24 nitrogen and oxygen atoms in total. The van der Waals surface area contributed by atoms with Gasteiger partial charge in [0.1, 0.15) is 60.2 Å². The van der Waals surface area contributed by atoms with E-state index in [0.717, 1.165) is 24.0 Å². The first-order chi connectivity index (χ1) is 34.0. The number of aryl methyl sites for hydroxylation is 2. The van der Waals surface area contributed by atoms with Gasteiger partial charge < -0.3 is 93.0 Å². The van der Waals surface area contributed by atoms with Crippen LogP contribution in [-0.2, 0) is 38.5 Å². The number of nitrogens with zero attached hydrogens (tertiary/aromatic N) is 6. The predicted molar refractivity (Wildman–Crippen MR) is 252 cm³/mol. The SMILES string of the molecule is NC[C@@H]1O[C@@H](O[C@H]2[C@H](O)[C@@H](O[C@@H]3O[C@@H](CN)[C@H](O)[C@@H](O)[C@@H]3N)[C@H](N)C[C@@H]2Nc2cn(CCc3ccc(CN4CCN(c5cc6c(cc5F)c(=O)c(C(=O)O)cn6C5CC5)CC4)cc3)nn2)[C@@H](O)[C@H](N)[C@H]1O. The fourth-order valence-electron chi connectivity index (χ4n) is 10.1. The topological polar surface area (TPSA) is 377 Å². The molecule has 15 atom stereocenters. The van der Waals surface area contributed by atoms with Crippen molar-refractivity contribution in [1.82, 2.24) is 24.5 Å². The number of nitrogens with one attached hydrogen (secondary N) is 1. The van der Waals surface area contributed by atoms with Gasteiger partial charge in [-0.3, -0.25) is 14.4 Å². The molecular formula is C46H65FN12O12. The molecule has 71 heavy (non-hydrogen) atoms. The van der Waals surface area contributed by atoms with Gasteiger partial charge in [-0.25, -0.2) is 9.18 Å². The van der Waals surface area contributed by atoms with E-state index in [2.05, 4.69) is 44.8 Å². The van der Waals surface area contributed by atoms with Crippen LogP contribution in [0.2, 0.25) is 0 Å². The number of halogens is 1. The molecule has 2 aromatic carbocycles. The summed E-state index contributed by atoms with van der Waals surface area (Å²) >= 11 is 0. The summed E-state index contributed by atoms with van der Waals surface area (Å²) in [6, 6.07) is 7.11. The van der Waals surface area contributed by atoms with Gasteiger partial charge in [0, 0.05) is 76.0 Å². The summed E-state index contributed by atoms with van der Waals surface area (Å²) in [5.74, 6) is -1.56. The Balaban J connectivity index is 0.807. The van der Waals surface area contributed by atoms with Crippen LogP contribution >= 0.6 is 0 Å². The summed E-state index contributed by atoms with van der Waals surface area (Å²) in [5, 5.41) is 75.9. The van der Waals surface area contributed by atoms with Crippen molar-refractivity contribution in [2.75, 3.05) is 49.5 Å². The molecule has 5 fully saturated rings. The highest BCUT2D eigenvalue weighted by Crippen LogP contribution is 2.39. The van der Waals surface area contributed by atoms with Crippen molar-refractivity contribution in [1.29, 1.82) is 0 Å². The number of hydrogen-bond acceptors (Lipinski definition) is 21. The third-order valence-electron chi connectivity index (χ3n) is 14.5. The first-order valence-electron chi connectivity index (χ1n) is 24.1. The largest absolute Gasteiger partial charge is 0.477 e. The average Bonchev–Trinajstić information content (AvgIpc) is 4.11. The molecule has 0 radical (unpaired) electrons. The molecule has 2 aromatic heterocycles. The van der Waals surface area contributed by atoms with E-state index in [1.165, 1.54) is 12.3 Å². The van der Waals surface area contributed by atoms with Crippen molar-refractivity contribution in [2.45, 2.75) is 136 Å². The Morgan fingerprint density at radius 1 is 0.817 bits per heavy atom. The van der Waals surface area contributed by atoms with Gasteiger partial charge in [-0.1, -0.05) is 29.5 Å². The number of aliphatic hydroxyl groups is 5. The number of carboxylic acids is 1. The summed E-state index contributed by atoms with van der Waals surface area (Å²) in [5.41, 5.74) is 32.5. The number of ether oxygens (including phenoxy) is 4. The van der Waals surface area contributed by atoms with Gasteiger partial charge in [-0.2, -0.15) is 0 Å². The molecule has 5 aliphatic rings. The molecule has 2 aliphatic carbocycles. The van der Waals surface area contributed by atoms with Crippen molar-refractivity contribution in [2.24, 2.45) is 28.7 Å². The highest BCUT2D eigenvalue weighted by molar-refractivity contribution is 5.93. The zero-order chi connectivity index (χ0) is 50.4. The van der Waals surface area contributed by atoms with Gasteiger partial charge in [0.25, 0.3) is 0 Å². The monoisotopic (exact) mass is 996 g/mol. The van der Waals surface area contributed by atoms with Crippen LogP contribution < -0.4 is 44.3 Å². The first-order valence-corrected chi connectivity index (χ1v) is 24.1. The number of anilines is 2. The number of aliphatic hydroxyl groups excluding tert-OH is 5. The zero-order valence-corrected chi connectivity index (χ0v) is 38.9. The minimum absolute atomic E-state index is 0.0730. The summed E-state index contributed by atoms with van der Waals surface area (Å²) in [6.45, 7) is 3.37. The molecule has 3 saturated heterocycles. The Bertz CT molecular complexity index is 2550. The first kappa shape index (κ1) is 51.1. The highest BCUT2D eigenvalue weighted by Gasteiger charge is 2.52. The Hall–Kier alpha value is -4.81. The molecule has 0 unspecified atom stereocenters. The molecular weight excluding hydrogens is 932 g/mol. The third kappa shape index (κ3) is 10.7. The molecule has 9 rings (SSSR count). The van der Waals surface area contributed by atoms with E-state index in [1.807, 2.05) is 9.47 Å². The second kappa shape index (κ2) is 21.3. The molecule has 0 bridgehead atoms. The summed E-state index contributed by atoms with van der Waals surface area (Å²) in [6.07, 6.45) is -8.87. The van der Waals surface area contributed by atoms with Crippen molar-refractivity contribution >= 4 is 28.4 Å². The lowest BCUT2D eigenvalue weighted by molar-refractivity contribution is -0.315. The van der Waals surface area contributed by atoms with Crippen LogP contribution in [0.5, 0.6) is 0 Å². The maximum Gasteiger partial charge on any atom is 0.341 e. The van der Waals surface area contributed by atoms with Crippen molar-refractivity contribution in [3.8, 4) is 0 Å². The van der Waals surface area contributed by atoms with E-state index in [9.17, 15) is 40.2 Å². The number of pyridine rings is 1. The fourth-order valence-corrected chi connectivity index (χ4v) is 10.1. The Labute approximate surface area is 406 Å². The van der Waals surface area contributed by atoms with Gasteiger partial charge in [0.15, 0.2) is 18.4 Å². The fraction of sp³-hybridized carbons (Fsp3) is 0.609. The van der Waals surface area contributed by atoms with Gasteiger partial charge in [-0.15, -0.1) is 5.10 Å². The molecule has 0 spiro atoms. The van der Waals surface area contributed by atoms with Crippen LogP contribution in [-0.4, -0.2) is 192 Å². The summed E-state index contributed by atoms with van der Waals surface area (Å²) < 4.78 is 43.0. The number of rotatable bonds is 16. The van der Waals surface area contributed by atoms with Crippen LogP contribution in [0.15, 0.2) is 53.6 Å². The Kier molecular flexibility index (Phi) is 15.4. The molecule has 388 valence electrons. The normalized spacial score (nSPS) is 33.9. The highest BCUT2D eigenvalue weighted by atomic mass is 19.1. The van der Waals surface area contributed by atoms with E-state index in [-0.39, 0.29) is 36.5 Å². The van der Waals surface area contributed by atoms with Crippen molar-refractivity contribution < 1.29 is 58.8 Å². The molecule has 17 N–H and O–H groups in total. The number of piperazine rings is 1. The molecule has 3 aliphatic heterocycles. The summed E-state index contributed by atoms with van der Waals surface area (Å²) in [4.78, 5) is 29.0. The molecule has 2 saturated carbocycles. The van der Waals surface area contributed by atoms with Gasteiger partial charge in [0.05, 0.1) is 41.6 Å². The average molecular weight is 997 g/mol. The molecule has 0 amide bonds. The second-order valence-electron chi connectivity index (χ2n) is 19.3. The van der Waals surface area contributed by atoms with Crippen LogP contribution in [0.3, 0.4) is 0 Å². The van der Waals surface area contributed by atoms with E-state index in [1.54, 1.807) is 16.9 Å². The number of carboxylic acid groups (broad SMARTS) is 1. The smallest absolute Gasteiger partial charge is 0.341 e. The quantitative estimate of drug-likeness (QED) is 0.0517. The van der Waals surface area contributed by atoms with Crippen LogP contribution in [0.25, 0.3) is 10.9 Å². The molecule has 4 aromatic rings. The maximum absolute atomic E-state index is 15.6. The van der Waals surface area contributed by atoms with E-state index >= 15 is 4.39 Å². The Morgan fingerprint density at radius 2 is 1.48 bits per heavy atom. The van der Waals surface area contributed by atoms with Gasteiger partial charge in [0.2, 0.25) is 5.43 Å². The minimum atomic E-state index is -1.54. The predicted octanol–water partition coefficient (Wildman–Crippen LogP) is -3.56. The van der Waals surface area contributed by atoms with Crippen molar-refractivity contribution in [3.05, 3.63) is 81.5 Å². The standard InChI is InChI=1S/C46H65FN12O12/c47-26-13-24-29(59(23-5-6-23)19-25(36(24)60)44(66)67)15-30(26)57-11-9-56(10-12-57)18-22-3-1-21(2-4-22)7-8-58-20-33(54-55-58)53-28-14-27(50)42(70-45-35(52)39(63)38(62)32(17-49)68-45)41(65)43(28)71-46-40(64)34(51)37(61)31(16-48)69-46/h1-4,13,15,19-20,23,27-28,31-32,34-35,37-43,45-46,53,61-65H,5-12,14,16-18,48-52H2,(H,66,67)/t27-,28+,31+,32+,34-,35+,37+,38+,39+,40+,41-,42+,43-,45+,46+/m1/s1. The number of carbonyl (C=O) groups is 1. The molecule has 5 heterocycles. The van der Waals surface area contributed by atoms with E-state index in [4.69, 9.17) is 47.6 Å². The number of nitrogens with two attached hydrogens (primary N) is 5.